The molecule has 1 amide bonds. The molecule has 184 valence electrons. The number of nitrogens with zero attached hydrogens (tertiary/aromatic N) is 3. The lowest BCUT2D eigenvalue weighted by molar-refractivity contribution is -0.116. The minimum Gasteiger partial charge on any atom is -0.495 e. The molecule has 0 saturated carbocycles. The molecule has 0 radical (unpaired) electrons. The van der Waals surface area contributed by atoms with Crippen LogP contribution in [0.3, 0.4) is 0 Å². The van der Waals surface area contributed by atoms with Gasteiger partial charge in [0.25, 0.3) is 5.56 Å². The second-order valence-corrected chi connectivity index (χ2v) is 7.71. The van der Waals surface area contributed by atoms with Crippen LogP contribution >= 0.6 is 0 Å². The summed E-state index contributed by atoms with van der Waals surface area (Å²) < 4.78 is 26.0. The minimum atomic E-state index is -0.933. The number of benzene rings is 2. The zero-order chi connectivity index (χ0) is 26.0. The van der Waals surface area contributed by atoms with Crippen LogP contribution in [0.2, 0.25) is 0 Å². The van der Waals surface area contributed by atoms with Crippen molar-refractivity contribution in [3.8, 4) is 11.4 Å². The van der Waals surface area contributed by atoms with E-state index in [0.29, 0.717) is 10.3 Å². The SMILES string of the molecule is COC(=O)c1cc(C)nc2c1c(=O)n(CC(=O)Nc1ccccc1F)c(=O)n2-c1ccccc1OC. The number of rotatable bonds is 6. The van der Waals surface area contributed by atoms with Crippen molar-refractivity contribution in [2.45, 2.75) is 13.5 Å². The molecule has 4 aromatic rings. The molecule has 0 aliphatic carbocycles. The van der Waals surface area contributed by atoms with Crippen LogP contribution in [0, 0.1) is 12.7 Å². The topological polar surface area (TPSA) is 122 Å². The number of pyridine rings is 1. The van der Waals surface area contributed by atoms with Crippen molar-refractivity contribution in [1.82, 2.24) is 14.1 Å². The van der Waals surface area contributed by atoms with Crippen molar-refractivity contribution in [2.24, 2.45) is 0 Å². The standard InChI is InChI=1S/C25H21FN4O6/c1-14-12-15(24(33)36-3)21-22(27-14)30(18-10-6-7-11-19(18)35-2)25(34)29(23(21)32)13-20(31)28-17-9-5-4-8-16(17)26/h4-12H,13H2,1-3H3,(H,28,31). The lowest BCUT2D eigenvalue weighted by atomic mass is 10.1. The second-order valence-electron chi connectivity index (χ2n) is 7.71. The Balaban J connectivity index is 2.02. The summed E-state index contributed by atoms with van der Waals surface area (Å²) in [7, 11) is 2.56. The lowest BCUT2D eigenvalue weighted by Gasteiger charge is -2.17. The molecule has 0 fully saturated rings. The fourth-order valence-electron chi connectivity index (χ4n) is 3.80. The van der Waals surface area contributed by atoms with Crippen molar-refractivity contribution in [3.63, 3.8) is 0 Å². The maximum Gasteiger partial charge on any atom is 0.338 e. The summed E-state index contributed by atoms with van der Waals surface area (Å²) in [6.45, 7) is 0.835. The van der Waals surface area contributed by atoms with Crippen LogP contribution in [0.1, 0.15) is 16.1 Å². The van der Waals surface area contributed by atoms with Crippen LogP contribution in [0.15, 0.2) is 64.2 Å². The van der Waals surface area contributed by atoms with E-state index in [2.05, 4.69) is 10.3 Å². The number of halogens is 1. The fourth-order valence-corrected chi connectivity index (χ4v) is 3.80. The van der Waals surface area contributed by atoms with Gasteiger partial charge >= 0.3 is 11.7 Å². The van der Waals surface area contributed by atoms with E-state index in [4.69, 9.17) is 9.47 Å². The average Bonchev–Trinajstić information content (AvgIpc) is 2.87. The summed E-state index contributed by atoms with van der Waals surface area (Å²) in [5.41, 5.74) is -1.62. The number of amides is 1. The van der Waals surface area contributed by atoms with Crippen LogP contribution in [-0.2, 0) is 16.1 Å². The Bertz CT molecular complexity index is 1630. The van der Waals surface area contributed by atoms with Crippen LogP contribution in [0.25, 0.3) is 16.7 Å². The first-order valence-corrected chi connectivity index (χ1v) is 10.7. The molecular weight excluding hydrogens is 471 g/mol. The molecule has 36 heavy (non-hydrogen) atoms. The van der Waals surface area contributed by atoms with Crippen molar-refractivity contribution < 1.29 is 23.5 Å². The van der Waals surface area contributed by atoms with Gasteiger partial charge in [0, 0.05) is 5.69 Å². The summed E-state index contributed by atoms with van der Waals surface area (Å²) in [4.78, 5) is 56.8. The molecule has 0 unspecified atom stereocenters. The molecule has 0 spiro atoms. The number of hydrogen-bond donors (Lipinski definition) is 1. The molecule has 11 heteroatoms. The third-order valence-corrected chi connectivity index (χ3v) is 5.40. The first-order valence-electron chi connectivity index (χ1n) is 10.7. The number of carbonyl (C=O) groups is 2. The molecule has 1 N–H and O–H groups in total. The first-order chi connectivity index (χ1) is 17.3. The number of para-hydroxylation sites is 3. The maximum atomic E-state index is 14.0. The van der Waals surface area contributed by atoms with Crippen LogP contribution in [0.5, 0.6) is 5.75 Å². The minimum absolute atomic E-state index is 0.110. The number of esters is 1. The van der Waals surface area contributed by atoms with Gasteiger partial charge in [0.1, 0.15) is 18.1 Å². The number of fused-ring (bicyclic) bond motifs is 1. The van der Waals surface area contributed by atoms with Gasteiger partial charge in [-0.25, -0.2) is 28.1 Å². The molecule has 0 saturated heterocycles. The Morgan fingerprint density at radius 1 is 1.06 bits per heavy atom. The number of methoxy groups -OCH3 is 2. The van der Waals surface area contributed by atoms with Crippen molar-refractivity contribution in [3.05, 3.63) is 92.5 Å². The summed E-state index contributed by atoms with van der Waals surface area (Å²) in [5, 5.41) is 2.12. The van der Waals surface area contributed by atoms with E-state index in [1.807, 2.05) is 0 Å². The van der Waals surface area contributed by atoms with E-state index in [1.165, 1.54) is 31.4 Å². The highest BCUT2D eigenvalue weighted by atomic mass is 19.1. The number of anilines is 1. The van der Waals surface area contributed by atoms with E-state index in [0.717, 1.165) is 17.7 Å². The van der Waals surface area contributed by atoms with Gasteiger partial charge in [-0.1, -0.05) is 24.3 Å². The fraction of sp³-hybridized carbons (Fsp3) is 0.160. The summed E-state index contributed by atoms with van der Waals surface area (Å²) >= 11 is 0. The molecule has 2 heterocycles. The van der Waals surface area contributed by atoms with E-state index in [1.54, 1.807) is 31.2 Å². The van der Waals surface area contributed by atoms with Crippen LogP contribution < -0.4 is 21.3 Å². The number of hydrogen-bond acceptors (Lipinski definition) is 7. The number of aryl methyl sites for hydroxylation is 1. The molecular formula is C25H21FN4O6. The van der Waals surface area contributed by atoms with E-state index >= 15 is 0 Å². The summed E-state index contributed by atoms with van der Waals surface area (Å²) in [6, 6.07) is 13.3. The van der Waals surface area contributed by atoms with Crippen LogP contribution in [0.4, 0.5) is 10.1 Å². The third-order valence-electron chi connectivity index (χ3n) is 5.40. The molecule has 4 rings (SSSR count). The Hall–Kier alpha value is -4.80. The predicted octanol–water partition coefficient (Wildman–Crippen LogP) is 2.43. The normalized spacial score (nSPS) is 10.8. The molecule has 0 atom stereocenters. The highest BCUT2D eigenvalue weighted by Gasteiger charge is 2.25. The van der Waals surface area contributed by atoms with Crippen molar-refractivity contribution in [2.75, 3.05) is 19.5 Å². The first kappa shape index (κ1) is 24.3. The lowest BCUT2D eigenvalue weighted by Crippen LogP contribution is -2.43. The van der Waals surface area contributed by atoms with Crippen molar-refractivity contribution in [1.29, 1.82) is 0 Å². The zero-order valence-corrected chi connectivity index (χ0v) is 19.6. The summed E-state index contributed by atoms with van der Waals surface area (Å²) in [6.07, 6.45) is 0. The Kier molecular flexibility index (Phi) is 6.64. The van der Waals surface area contributed by atoms with Gasteiger partial charge in [-0.2, -0.15) is 0 Å². The van der Waals surface area contributed by atoms with E-state index in [-0.39, 0.29) is 33.7 Å². The zero-order valence-electron chi connectivity index (χ0n) is 19.6. The van der Waals surface area contributed by atoms with Gasteiger partial charge in [-0.15, -0.1) is 0 Å². The number of ether oxygens (including phenoxy) is 2. The smallest absolute Gasteiger partial charge is 0.338 e. The predicted molar refractivity (Wildman–Crippen MR) is 129 cm³/mol. The highest BCUT2D eigenvalue weighted by Crippen LogP contribution is 2.24. The average molecular weight is 492 g/mol. The van der Waals surface area contributed by atoms with E-state index < -0.39 is 35.5 Å². The Morgan fingerprint density at radius 3 is 2.44 bits per heavy atom. The van der Waals surface area contributed by atoms with Gasteiger partial charge < -0.3 is 14.8 Å². The van der Waals surface area contributed by atoms with Gasteiger partial charge in [0.05, 0.1) is 36.5 Å². The van der Waals surface area contributed by atoms with Crippen molar-refractivity contribution >= 4 is 28.6 Å². The van der Waals surface area contributed by atoms with Gasteiger partial charge in [0.15, 0.2) is 5.65 Å². The monoisotopic (exact) mass is 492 g/mol. The van der Waals surface area contributed by atoms with Crippen LogP contribution in [-0.4, -0.2) is 40.2 Å². The molecule has 10 nitrogen and oxygen atoms in total. The Labute approximate surface area is 203 Å². The van der Waals surface area contributed by atoms with Gasteiger partial charge in [0.2, 0.25) is 5.91 Å². The highest BCUT2D eigenvalue weighted by molar-refractivity contribution is 6.02. The Morgan fingerprint density at radius 2 is 1.75 bits per heavy atom. The number of aromatic nitrogens is 3. The largest absolute Gasteiger partial charge is 0.495 e. The van der Waals surface area contributed by atoms with Gasteiger partial charge in [-0.05, 0) is 37.3 Å². The quantitative estimate of drug-likeness (QED) is 0.410. The maximum absolute atomic E-state index is 14.0. The molecule has 0 aliphatic heterocycles. The molecule has 0 aliphatic rings. The van der Waals surface area contributed by atoms with E-state index in [9.17, 15) is 23.6 Å². The number of carbonyl (C=O) groups excluding carboxylic acids is 2. The molecule has 2 aromatic carbocycles. The molecule has 2 aromatic heterocycles. The second kappa shape index (κ2) is 9.82. The number of nitrogens with one attached hydrogen (secondary N) is 1. The van der Waals surface area contributed by atoms with Gasteiger partial charge in [-0.3, -0.25) is 9.59 Å². The summed E-state index contributed by atoms with van der Waals surface area (Å²) in [5.74, 6) is -2.05. The molecule has 0 bridgehead atoms. The third kappa shape index (κ3) is 4.33.